The van der Waals surface area contributed by atoms with Crippen LogP contribution in [0, 0.1) is 0 Å². The molecule has 0 radical (unpaired) electrons. The number of rotatable bonds is 4. The van der Waals surface area contributed by atoms with Crippen LogP contribution in [-0.2, 0) is 33.1 Å². The van der Waals surface area contributed by atoms with E-state index in [2.05, 4.69) is 36.5 Å². The summed E-state index contributed by atoms with van der Waals surface area (Å²) in [5.41, 5.74) is 2.18. The highest BCUT2D eigenvalue weighted by molar-refractivity contribution is 5.79. The first-order chi connectivity index (χ1) is 10.8. The zero-order chi connectivity index (χ0) is 15.4. The molecule has 3 heterocycles. The molecule has 1 aliphatic heterocycles. The first kappa shape index (κ1) is 14.6. The van der Waals surface area contributed by atoms with Crippen LogP contribution in [0.15, 0.2) is 23.5 Å². The predicted octanol–water partition coefficient (Wildman–Crippen LogP) is 0.818. The van der Waals surface area contributed by atoms with Crippen molar-refractivity contribution in [2.75, 3.05) is 7.05 Å². The number of guanidine groups is 1. The quantitative estimate of drug-likeness (QED) is 0.648. The minimum absolute atomic E-state index is 0.686. The molecule has 2 N–H and O–H groups in total. The highest BCUT2D eigenvalue weighted by atomic mass is 15.3. The summed E-state index contributed by atoms with van der Waals surface area (Å²) in [4.78, 5) is 8.93. The molecule has 7 heteroatoms. The van der Waals surface area contributed by atoms with E-state index in [1.54, 1.807) is 13.2 Å². The van der Waals surface area contributed by atoms with E-state index in [-0.39, 0.29) is 0 Å². The van der Waals surface area contributed by atoms with Crippen molar-refractivity contribution >= 4 is 5.96 Å². The summed E-state index contributed by atoms with van der Waals surface area (Å²) >= 11 is 0. The van der Waals surface area contributed by atoms with Crippen LogP contribution in [0.1, 0.15) is 30.1 Å². The average molecular weight is 301 g/mol. The van der Waals surface area contributed by atoms with Gasteiger partial charge in [-0.05, 0) is 18.9 Å². The molecule has 0 unspecified atom stereocenters. The molecule has 2 aromatic heterocycles. The number of fused-ring (bicyclic) bond motifs is 1. The molecular formula is C15H23N7. The van der Waals surface area contributed by atoms with Gasteiger partial charge in [0.15, 0.2) is 5.96 Å². The van der Waals surface area contributed by atoms with Crippen molar-refractivity contribution in [3.05, 3.63) is 35.7 Å². The van der Waals surface area contributed by atoms with Crippen molar-refractivity contribution in [3.63, 3.8) is 0 Å². The number of nitrogens with zero attached hydrogens (tertiary/aromatic N) is 5. The Bertz CT molecular complexity index is 629. The lowest BCUT2D eigenvalue weighted by Gasteiger charge is -2.11. The highest BCUT2D eigenvalue weighted by Gasteiger charge is 2.12. The van der Waals surface area contributed by atoms with Crippen LogP contribution in [0.25, 0.3) is 0 Å². The Kier molecular flexibility index (Phi) is 4.41. The Morgan fingerprint density at radius 2 is 2.18 bits per heavy atom. The van der Waals surface area contributed by atoms with Crippen LogP contribution in [0.2, 0.25) is 0 Å². The minimum Gasteiger partial charge on any atom is -0.351 e. The number of aryl methyl sites for hydroxylation is 3. The van der Waals surface area contributed by atoms with Gasteiger partial charge in [-0.15, -0.1) is 0 Å². The molecule has 0 saturated heterocycles. The molecule has 118 valence electrons. The smallest absolute Gasteiger partial charge is 0.191 e. The van der Waals surface area contributed by atoms with Crippen LogP contribution in [0.5, 0.6) is 0 Å². The maximum Gasteiger partial charge on any atom is 0.191 e. The molecule has 0 atom stereocenters. The maximum absolute atomic E-state index is 4.68. The van der Waals surface area contributed by atoms with E-state index in [9.17, 15) is 0 Å². The lowest BCUT2D eigenvalue weighted by molar-refractivity contribution is 0.522. The summed E-state index contributed by atoms with van der Waals surface area (Å²) in [6.45, 7) is 2.47. The highest BCUT2D eigenvalue weighted by Crippen LogP contribution is 2.14. The zero-order valence-corrected chi connectivity index (χ0v) is 13.2. The number of imidazole rings is 1. The van der Waals surface area contributed by atoms with E-state index in [0.717, 1.165) is 30.3 Å². The van der Waals surface area contributed by atoms with Crippen molar-refractivity contribution in [1.29, 1.82) is 0 Å². The predicted molar refractivity (Wildman–Crippen MR) is 85.4 cm³/mol. The third-order valence-corrected chi connectivity index (χ3v) is 3.98. The van der Waals surface area contributed by atoms with Gasteiger partial charge in [0.2, 0.25) is 0 Å². The average Bonchev–Trinajstić information content (AvgIpc) is 3.13. The fourth-order valence-electron chi connectivity index (χ4n) is 2.70. The van der Waals surface area contributed by atoms with Crippen LogP contribution < -0.4 is 10.6 Å². The zero-order valence-electron chi connectivity index (χ0n) is 13.2. The van der Waals surface area contributed by atoms with Crippen molar-refractivity contribution < 1.29 is 0 Å². The van der Waals surface area contributed by atoms with Crippen LogP contribution in [0.3, 0.4) is 0 Å². The SMILES string of the molecule is CN=C(NCc1cn2c(n1)CCCC2)NCc1ccnn1C. The molecule has 0 aliphatic carbocycles. The Hall–Kier alpha value is -2.31. The summed E-state index contributed by atoms with van der Waals surface area (Å²) < 4.78 is 4.12. The van der Waals surface area contributed by atoms with Gasteiger partial charge in [-0.1, -0.05) is 0 Å². The minimum atomic E-state index is 0.686. The molecule has 0 saturated carbocycles. The molecule has 3 rings (SSSR count). The van der Waals surface area contributed by atoms with Gasteiger partial charge < -0.3 is 15.2 Å². The number of hydrogen-bond donors (Lipinski definition) is 2. The fourth-order valence-corrected chi connectivity index (χ4v) is 2.70. The number of aliphatic imine (C=N–C) groups is 1. The summed E-state index contributed by atoms with van der Waals surface area (Å²) in [6, 6.07) is 1.99. The van der Waals surface area contributed by atoms with Crippen LogP contribution in [0.4, 0.5) is 0 Å². The van der Waals surface area contributed by atoms with Crippen LogP contribution >= 0.6 is 0 Å². The Morgan fingerprint density at radius 1 is 1.32 bits per heavy atom. The Labute approximate surface area is 130 Å². The van der Waals surface area contributed by atoms with Gasteiger partial charge in [-0.3, -0.25) is 9.67 Å². The maximum atomic E-state index is 4.68. The second kappa shape index (κ2) is 6.64. The molecule has 0 bridgehead atoms. The van der Waals surface area contributed by atoms with Gasteiger partial charge in [0.25, 0.3) is 0 Å². The third kappa shape index (κ3) is 3.29. The first-order valence-electron chi connectivity index (χ1n) is 7.72. The number of nitrogens with one attached hydrogen (secondary N) is 2. The largest absolute Gasteiger partial charge is 0.351 e. The molecule has 7 nitrogen and oxygen atoms in total. The van der Waals surface area contributed by atoms with E-state index in [1.165, 1.54) is 18.7 Å². The standard InChI is InChI=1S/C15H23N7/c1-16-15(18-10-13-6-7-19-21(13)2)17-9-12-11-22-8-4-3-5-14(22)20-12/h6-7,11H,3-5,8-10H2,1-2H3,(H2,16,17,18). The molecule has 22 heavy (non-hydrogen) atoms. The lowest BCUT2D eigenvalue weighted by Crippen LogP contribution is -2.36. The Morgan fingerprint density at radius 3 is 2.91 bits per heavy atom. The number of aromatic nitrogens is 4. The third-order valence-electron chi connectivity index (χ3n) is 3.98. The van der Waals surface area contributed by atoms with E-state index < -0.39 is 0 Å². The van der Waals surface area contributed by atoms with E-state index >= 15 is 0 Å². The normalized spacial score (nSPS) is 14.7. The number of hydrogen-bond acceptors (Lipinski definition) is 3. The van der Waals surface area contributed by atoms with E-state index in [1.807, 2.05) is 17.8 Å². The van der Waals surface area contributed by atoms with Gasteiger partial charge in [-0.2, -0.15) is 5.10 Å². The summed E-state index contributed by atoms with van der Waals surface area (Å²) in [5, 5.41) is 10.8. The Balaban J connectivity index is 1.53. The van der Waals surface area contributed by atoms with E-state index in [4.69, 9.17) is 0 Å². The molecule has 1 aliphatic rings. The van der Waals surface area contributed by atoms with Gasteiger partial charge in [0.05, 0.1) is 24.5 Å². The molecule has 2 aromatic rings. The van der Waals surface area contributed by atoms with E-state index in [0.29, 0.717) is 13.1 Å². The van der Waals surface area contributed by atoms with Crippen molar-refractivity contribution in [3.8, 4) is 0 Å². The summed E-state index contributed by atoms with van der Waals surface area (Å²) in [7, 11) is 3.71. The first-order valence-corrected chi connectivity index (χ1v) is 7.72. The molecule has 0 amide bonds. The fraction of sp³-hybridized carbons (Fsp3) is 0.533. The topological polar surface area (TPSA) is 72.1 Å². The van der Waals surface area contributed by atoms with Gasteiger partial charge >= 0.3 is 0 Å². The molecule has 0 aromatic carbocycles. The second-order valence-corrected chi connectivity index (χ2v) is 5.52. The summed E-state index contributed by atoms with van der Waals surface area (Å²) in [5.74, 6) is 1.98. The van der Waals surface area contributed by atoms with Gasteiger partial charge in [-0.25, -0.2) is 4.98 Å². The van der Waals surface area contributed by atoms with Crippen molar-refractivity contribution in [2.45, 2.75) is 38.9 Å². The molecule has 0 fully saturated rings. The van der Waals surface area contributed by atoms with Crippen molar-refractivity contribution in [2.24, 2.45) is 12.0 Å². The monoisotopic (exact) mass is 301 g/mol. The van der Waals surface area contributed by atoms with Gasteiger partial charge in [0.1, 0.15) is 5.82 Å². The summed E-state index contributed by atoms with van der Waals surface area (Å²) in [6.07, 6.45) is 7.54. The lowest BCUT2D eigenvalue weighted by atomic mass is 10.2. The second-order valence-electron chi connectivity index (χ2n) is 5.52. The van der Waals surface area contributed by atoms with Gasteiger partial charge in [0, 0.05) is 39.5 Å². The van der Waals surface area contributed by atoms with Crippen molar-refractivity contribution in [1.82, 2.24) is 30.0 Å². The molecular weight excluding hydrogens is 278 g/mol. The van der Waals surface area contributed by atoms with Crippen LogP contribution in [-0.4, -0.2) is 32.3 Å². The molecule has 0 spiro atoms.